The lowest BCUT2D eigenvalue weighted by molar-refractivity contribution is 0.0832. The SMILES string of the molecule is CC.COc1nc(NC(=O)NOS(=O)c2ccccc2OS(C)(=O)=O)nc(C(F)(F)Cl)n1.COc1nc(NC(=O)NOS(=O)c2ccccc2OS(C)(=O)=O)nc(C(F)F)n1. The van der Waals surface area contributed by atoms with E-state index < -0.39 is 102 Å². The summed E-state index contributed by atoms with van der Waals surface area (Å²) in [5.41, 5.74) is 3.42. The molecule has 0 fully saturated rings. The van der Waals surface area contributed by atoms with E-state index in [0.717, 1.165) is 26.7 Å². The Hall–Kier alpha value is -5.67. The van der Waals surface area contributed by atoms with Crippen LogP contribution in [-0.2, 0) is 56.3 Å². The number of hydrogen-bond donors (Lipinski definition) is 4. The number of benzene rings is 2. The van der Waals surface area contributed by atoms with E-state index >= 15 is 0 Å². The molecular weight excluding hydrogens is 940 g/mol. The largest absolute Gasteiger partial charge is 0.467 e. The average molecular weight is 971 g/mol. The van der Waals surface area contributed by atoms with Gasteiger partial charge >= 0.3 is 49.7 Å². The normalized spacial score (nSPS) is 12.2. The Morgan fingerprint density at radius 1 is 0.689 bits per heavy atom. The number of alkyl halides is 5. The third-order valence-corrected chi connectivity index (χ3v) is 8.47. The van der Waals surface area contributed by atoms with E-state index in [0.29, 0.717) is 0 Å². The van der Waals surface area contributed by atoms with Gasteiger partial charge in [-0.15, -0.1) is 0 Å². The van der Waals surface area contributed by atoms with E-state index in [2.05, 4.69) is 56.3 Å². The van der Waals surface area contributed by atoms with E-state index in [4.69, 9.17) is 11.6 Å². The second-order valence-electron chi connectivity index (χ2n) is 9.99. The summed E-state index contributed by atoms with van der Waals surface area (Å²) in [6.07, 6.45) is -1.48. The summed E-state index contributed by atoms with van der Waals surface area (Å²) in [4.78, 5) is 43.4. The number of nitrogens with one attached hydrogen (secondary N) is 4. The molecule has 0 aliphatic carbocycles. The van der Waals surface area contributed by atoms with Crippen LogP contribution in [0.1, 0.15) is 31.9 Å². The number of ether oxygens (including phenoxy) is 2. The molecule has 33 heteroatoms. The van der Waals surface area contributed by atoms with Crippen LogP contribution < -0.4 is 39.4 Å². The number of rotatable bonds is 16. The third-order valence-electron chi connectivity index (χ3n) is 5.47. The number of para-hydroxylation sites is 2. The topological polar surface area (TPSA) is 317 Å². The first-order chi connectivity index (χ1) is 28.5. The summed E-state index contributed by atoms with van der Waals surface area (Å²) in [7, 11) is -5.63. The smallest absolute Gasteiger partial charge is 0.382 e. The molecule has 0 bridgehead atoms. The average Bonchev–Trinajstić information content (AvgIpc) is 3.18. The van der Waals surface area contributed by atoms with Gasteiger partial charge in [-0.05, 0) is 35.9 Å². The summed E-state index contributed by atoms with van der Waals surface area (Å²) in [5.74, 6) is -3.97. The van der Waals surface area contributed by atoms with Crippen LogP contribution in [0.3, 0.4) is 0 Å². The number of nitrogens with zero attached hydrogens (tertiary/aromatic N) is 6. The quantitative estimate of drug-likeness (QED) is 0.0542. The Morgan fingerprint density at radius 2 is 1.08 bits per heavy atom. The Morgan fingerprint density at radius 3 is 1.46 bits per heavy atom. The molecule has 4 rings (SSSR count). The number of amides is 4. The van der Waals surface area contributed by atoms with Crippen LogP contribution in [0.15, 0.2) is 58.3 Å². The molecule has 4 amide bonds. The third kappa shape index (κ3) is 18.2. The number of hydroxylamine groups is 2. The highest BCUT2D eigenvalue weighted by atomic mass is 35.5. The zero-order valence-corrected chi connectivity index (χ0v) is 35.6. The predicted molar refractivity (Wildman–Crippen MR) is 202 cm³/mol. The van der Waals surface area contributed by atoms with Crippen molar-refractivity contribution in [3.63, 3.8) is 0 Å². The van der Waals surface area contributed by atoms with Crippen LogP contribution in [0.2, 0.25) is 0 Å². The Labute approximate surface area is 352 Å². The summed E-state index contributed by atoms with van der Waals surface area (Å²) < 4.78 is 149. The van der Waals surface area contributed by atoms with Gasteiger partial charge < -0.3 is 17.8 Å². The molecule has 61 heavy (non-hydrogen) atoms. The minimum absolute atomic E-state index is 0.194. The molecule has 2 atom stereocenters. The van der Waals surface area contributed by atoms with Crippen molar-refractivity contribution in [3.05, 3.63) is 60.2 Å². The van der Waals surface area contributed by atoms with Crippen molar-refractivity contribution in [2.75, 3.05) is 37.4 Å². The first kappa shape index (κ1) is 51.5. The van der Waals surface area contributed by atoms with Crippen molar-refractivity contribution < 1.29 is 78.8 Å². The van der Waals surface area contributed by atoms with Crippen molar-refractivity contribution >= 4 is 78.0 Å². The number of methoxy groups -OCH3 is 2. The lowest BCUT2D eigenvalue weighted by atomic mass is 10.3. The maximum atomic E-state index is 13.2. The Balaban J connectivity index is 0.000000404. The fourth-order valence-electron chi connectivity index (χ4n) is 3.38. The van der Waals surface area contributed by atoms with Gasteiger partial charge in [0.1, 0.15) is 9.79 Å². The van der Waals surface area contributed by atoms with Gasteiger partial charge in [-0.25, -0.2) is 37.7 Å². The standard InChI is InChI=1S/C13H12ClF2N5O7S2.C13H13F2N5O7S2.C2H6/c1-26-12-18-9(13(14,15)16)17-10(20-12)19-11(22)21-28-29(23)8-6-4-3-5-7(8)27-30(2,24)25;1-25-13-17-10(9(14)15)16-11(19-13)18-12(21)20-27-28(22)8-6-4-3-5-7(8)26-29(2,23)24;1-2/h3-6H,1-2H3,(H2,17,18,19,20,21,22);3-6,9H,1-2H3,(H2,16,17,18,19,20,21);1-2H3. The Kier molecular flexibility index (Phi) is 19.7. The predicted octanol–water partition coefficient (Wildman–Crippen LogP) is 3.24. The summed E-state index contributed by atoms with van der Waals surface area (Å²) in [5, 5.41) is -0.0904. The summed E-state index contributed by atoms with van der Waals surface area (Å²) in [6, 6.07) is 7.15. The van der Waals surface area contributed by atoms with Crippen LogP contribution in [0.5, 0.6) is 23.5 Å². The Bertz CT molecular complexity index is 2430. The van der Waals surface area contributed by atoms with Gasteiger partial charge in [0.2, 0.25) is 45.7 Å². The van der Waals surface area contributed by atoms with E-state index in [1.54, 1.807) is 11.0 Å². The second-order valence-corrected chi connectivity index (χ2v) is 15.8. The molecule has 2 unspecified atom stereocenters. The molecule has 24 nitrogen and oxygen atoms in total. The van der Waals surface area contributed by atoms with E-state index in [1.807, 2.05) is 24.5 Å². The molecule has 0 aliphatic heterocycles. The molecule has 0 saturated carbocycles. The molecule has 0 aliphatic rings. The summed E-state index contributed by atoms with van der Waals surface area (Å²) >= 11 is 0.0394. The van der Waals surface area contributed by atoms with Gasteiger partial charge in [0.05, 0.1) is 26.7 Å². The highest BCUT2D eigenvalue weighted by molar-refractivity contribution is 7.86. The van der Waals surface area contributed by atoms with Gasteiger partial charge in [-0.1, -0.05) is 38.1 Å². The monoisotopic (exact) mass is 970 g/mol. The number of urea groups is 2. The van der Waals surface area contributed by atoms with Crippen LogP contribution in [0, 0.1) is 0 Å². The van der Waals surface area contributed by atoms with Crippen LogP contribution in [0.25, 0.3) is 0 Å². The highest BCUT2D eigenvalue weighted by Gasteiger charge is 2.34. The van der Waals surface area contributed by atoms with Crippen LogP contribution >= 0.6 is 11.6 Å². The zero-order chi connectivity index (χ0) is 46.1. The molecule has 2 aromatic heterocycles. The van der Waals surface area contributed by atoms with Gasteiger partial charge in [0, 0.05) is 0 Å². The number of anilines is 2. The molecular formula is C28H31ClF4N10O14S4. The molecule has 336 valence electrons. The number of carbonyl (C=O) groups is 2. The number of carbonyl (C=O) groups excluding carboxylic acids is 2. The fourth-order valence-corrected chi connectivity index (χ4v) is 5.92. The van der Waals surface area contributed by atoms with Crippen molar-refractivity contribution in [3.8, 4) is 23.5 Å². The molecule has 0 spiro atoms. The van der Waals surface area contributed by atoms with Crippen LogP contribution in [-0.4, -0.2) is 94.0 Å². The molecule has 0 saturated heterocycles. The van der Waals surface area contributed by atoms with E-state index in [9.17, 15) is 52.4 Å². The maximum Gasteiger partial charge on any atom is 0.382 e. The number of halogens is 5. The number of hydrogen-bond acceptors (Lipinski definition) is 20. The lowest BCUT2D eigenvalue weighted by Gasteiger charge is -2.11. The molecule has 4 N–H and O–H groups in total. The first-order valence-corrected chi connectivity index (χ1v) is 21.9. The van der Waals surface area contributed by atoms with Gasteiger partial charge in [0.25, 0.3) is 6.43 Å². The molecule has 2 heterocycles. The zero-order valence-electron chi connectivity index (χ0n) is 31.6. The maximum absolute atomic E-state index is 13.2. The number of aromatic nitrogens is 6. The minimum Gasteiger partial charge on any atom is -0.467 e. The molecule has 4 aromatic rings. The van der Waals surface area contributed by atoms with Crippen LogP contribution in [0.4, 0.5) is 39.0 Å². The fraction of sp³-hybridized carbons (Fsp3) is 0.286. The van der Waals surface area contributed by atoms with E-state index in [-0.39, 0.29) is 21.3 Å². The van der Waals surface area contributed by atoms with Crippen molar-refractivity contribution in [2.24, 2.45) is 0 Å². The second kappa shape index (κ2) is 23.4. The van der Waals surface area contributed by atoms with Gasteiger partial charge in [-0.2, -0.15) is 64.1 Å². The first-order valence-electron chi connectivity index (χ1n) is 15.7. The molecule has 0 radical (unpaired) electrons. The lowest BCUT2D eigenvalue weighted by Crippen LogP contribution is -2.31. The van der Waals surface area contributed by atoms with Crippen molar-refractivity contribution in [2.45, 2.75) is 35.4 Å². The van der Waals surface area contributed by atoms with Gasteiger partial charge in [-0.3, -0.25) is 10.6 Å². The summed E-state index contributed by atoms with van der Waals surface area (Å²) in [6.45, 7) is 4.00. The highest BCUT2D eigenvalue weighted by Crippen LogP contribution is 2.31. The van der Waals surface area contributed by atoms with Gasteiger partial charge in [0.15, 0.2) is 11.5 Å². The van der Waals surface area contributed by atoms with Crippen molar-refractivity contribution in [1.82, 2.24) is 40.9 Å². The van der Waals surface area contributed by atoms with Crippen molar-refractivity contribution in [1.29, 1.82) is 0 Å². The minimum atomic E-state index is -3.97. The molecule has 2 aromatic carbocycles. The van der Waals surface area contributed by atoms with E-state index in [1.165, 1.54) is 48.5 Å².